The van der Waals surface area contributed by atoms with Crippen LogP contribution in [0.4, 0.5) is 0 Å². The van der Waals surface area contributed by atoms with Gasteiger partial charge in [-0.25, -0.2) is 13.4 Å². The minimum absolute atomic E-state index is 0.0535. The van der Waals surface area contributed by atoms with Crippen molar-refractivity contribution in [1.29, 1.82) is 0 Å². The molecule has 0 N–H and O–H groups in total. The molecule has 1 atom stereocenters. The standard InChI is InChI=1S/C24H27N3O4S2/c28-33(29,27-11-13-30-14-12-27)21-8-6-20(7-9-21)22-18-32-24(25-22)23-17-26(10-15-31-23)16-19-4-2-1-3-5-19/h1-9,18,23H,10-17H2. The molecule has 2 aromatic carbocycles. The quantitative estimate of drug-likeness (QED) is 0.533. The van der Waals surface area contributed by atoms with Gasteiger partial charge in [0.05, 0.1) is 30.4 Å². The van der Waals surface area contributed by atoms with E-state index >= 15 is 0 Å². The van der Waals surface area contributed by atoms with E-state index in [0.717, 1.165) is 35.9 Å². The zero-order chi connectivity index (χ0) is 22.7. The Morgan fingerprint density at radius 2 is 1.73 bits per heavy atom. The summed E-state index contributed by atoms with van der Waals surface area (Å²) in [5, 5.41) is 2.97. The maximum absolute atomic E-state index is 12.8. The Kier molecular flexibility index (Phi) is 6.86. The van der Waals surface area contributed by atoms with Gasteiger partial charge >= 0.3 is 0 Å². The molecule has 33 heavy (non-hydrogen) atoms. The lowest BCUT2D eigenvalue weighted by molar-refractivity contribution is -0.0329. The third-order valence-electron chi connectivity index (χ3n) is 5.95. The van der Waals surface area contributed by atoms with E-state index in [2.05, 4.69) is 29.2 Å². The Morgan fingerprint density at radius 3 is 2.48 bits per heavy atom. The van der Waals surface area contributed by atoms with Crippen LogP contribution >= 0.6 is 11.3 Å². The predicted octanol–water partition coefficient (Wildman–Crippen LogP) is 3.40. The fraction of sp³-hybridized carbons (Fsp3) is 0.375. The average molecular weight is 486 g/mol. The van der Waals surface area contributed by atoms with Gasteiger partial charge in [0.1, 0.15) is 11.1 Å². The predicted molar refractivity (Wildman–Crippen MR) is 128 cm³/mol. The van der Waals surface area contributed by atoms with E-state index in [9.17, 15) is 8.42 Å². The Bertz CT molecular complexity index is 1160. The summed E-state index contributed by atoms with van der Waals surface area (Å²) < 4.78 is 38.5. The Labute approximate surface area is 198 Å². The molecule has 2 fully saturated rings. The fourth-order valence-corrected chi connectivity index (χ4v) is 6.41. The SMILES string of the molecule is O=S(=O)(c1ccc(-c2csc(C3CN(Cc4ccccc4)CCO3)n2)cc1)N1CCOCC1. The van der Waals surface area contributed by atoms with Crippen molar-refractivity contribution in [3.8, 4) is 11.3 Å². The molecule has 0 aliphatic carbocycles. The fourth-order valence-electron chi connectivity index (χ4n) is 4.14. The summed E-state index contributed by atoms with van der Waals surface area (Å²) in [6, 6.07) is 17.5. The molecule has 9 heteroatoms. The number of hydrogen-bond donors (Lipinski definition) is 0. The molecule has 5 rings (SSSR count). The normalized spacial score (nSPS) is 20.7. The molecule has 174 valence electrons. The second-order valence-electron chi connectivity index (χ2n) is 8.19. The van der Waals surface area contributed by atoms with Crippen LogP contribution in [0.3, 0.4) is 0 Å². The van der Waals surface area contributed by atoms with Crippen LogP contribution in [0, 0.1) is 0 Å². The minimum Gasteiger partial charge on any atom is -0.379 e. The van der Waals surface area contributed by atoms with Crippen LogP contribution in [0.2, 0.25) is 0 Å². The van der Waals surface area contributed by atoms with E-state index in [4.69, 9.17) is 14.5 Å². The lowest BCUT2D eigenvalue weighted by Crippen LogP contribution is -2.40. The van der Waals surface area contributed by atoms with E-state index in [-0.39, 0.29) is 6.10 Å². The highest BCUT2D eigenvalue weighted by molar-refractivity contribution is 7.89. The Hall–Kier alpha value is -2.14. The van der Waals surface area contributed by atoms with Gasteiger partial charge in [0.25, 0.3) is 0 Å². The van der Waals surface area contributed by atoms with Crippen LogP contribution in [0.5, 0.6) is 0 Å². The minimum atomic E-state index is -3.49. The van der Waals surface area contributed by atoms with E-state index in [1.54, 1.807) is 23.5 Å². The average Bonchev–Trinajstić information content (AvgIpc) is 3.36. The van der Waals surface area contributed by atoms with Crippen molar-refractivity contribution in [1.82, 2.24) is 14.2 Å². The number of thiazole rings is 1. The monoisotopic (exact) mass is 485 g/mol. The van der Waals surface area contributed by atoms with Crippen LogP contribution in [0.15, 0.2) is 64.9 Å². The van der Waals surface area contributed by atoms with Gasteiger partial charge in [-0.3, -0.25) is 4.90 Å². The molecule has 3 aromatic rings. The topological polar surface area (TPSA) is 72.0 Å². The van der Waals surface area contributed by atoms with Crippen LogP contribution in [0.1, 0.15) is 16.7 Å². The molecule has 2 aliphatic heterocycles. The first-order valence-corrected chi connectivity index (χ1v) is 13.4. The van der Waals surface area contributed by atoms with Crippen LogP contribution in [-0.2, 0) is 26.0 Å². The van der Waals surface area contributed by atoms with Gasteiger partial charge in [0.2, 0.25) is 10.0 Å². The van der Waals surface area contributed by atoms with Crippen molar-refractivity contribution in [3.05, 3.63) is 70.5 Å². The Balaban J connectivity index is 1.26. The maximum Gasteiger partial charge on any atom is 0.243 e. The lowest BCUT2D eigenvalue weighted by Gasteiger charge is -2.32. The first-order chi connectivity index (χ1) is 16.1. The van der Waals surface area contributed by atoms with Gasteiger partial charge in [-0.2, -0.15) is 4.31 Å². The van der Waals surface area contributed by atoms with Crippen molar-refractivity contribution in [2.24, 2.45) is 0 Å². The summed E-state index contributed by atoms with van der Waals surface area (Å²) in [7, 11) is -3.49. The van der Waals surface area contributed by atoms with E-state index < -0.39 is 10.0 Å². The molecular weight excluding hydrogens is 458 g/mol. The van der Waals surface area contributed by atoms with Gasteiger partial charge in [-0.05, 0) is 17.7 Å². The number of sulfonamides is 1. The molecule has 0 radical (unpaired) electrons. The number of ether oxygens (including phenoxy) is 2. The number of morpholine rings is 2. The summed E-state index contributed by atoms with van der Waals surface area (Å²) in [5.41, 5.74) is 3.04. The van der Waals surface area contributed by atoms with E-state index in [1.807, 2.05) is 23.6 Å². The highest BCUT2D eigenvalue weighted by Crippen LogP contribution is 2.30. The third kappa shape index (κ3) is 5.18. The first kappa shape index (κ1) is 22.6. The molecule has 0 amide bonds. The Morgan fingerprint density at radius 1 is 0.970 bits per heavy atom. The second-order valence-corrected chi connectivity index (χ2v) is 11.0. The molecule has 2 aliphatic rings. The summed E-state index contributed by atoms with van der Waals surface area (Å²) in [5.74, 6) is 0. The molecule has 3 heterocycles. The van der Waals surface area contributed by atoms with Gasteiger partial charge in [-0.15, -0.1) is 11.3 Å². The number of aromatic nitrogens is 1. The van der Waals surface area contributed by atoms with Crippen molar-refractivity contribution < 1.29 is 17.9 Å². The third-order valence-corrected chi connectivity index (χ3v) is 8.80. The first-order valence-electron chi connectivity index (χ1n) is 11.1. The van der Waals surface area contributed by atoms with E-state index in [0.29, 0.717) is 37.8 Å². The van der Waals surface area contributed by atoms with Crippen molar-refractivity contribution in [2.75, 3.05) is 46.0 Å². The zero-order valence-corrected chi connectivity index (χ0v) is 19.9. The summed E-state index contributed by atoms with van der Waals surface area (Å²) in [6.45, 7) is 4.94. The number of hydrogen-bond acceptors (Lipinski definition) is 7. The smallest absolute Gasteiger partial charge is 0.243 e. The van der Waals surface area contributed by atoms with Crippen LogP contribution in [0.25, 0.3) is 11.3 Å². The molecule has 0 spiro atoms. The molecule has 2 saturated heterocycles. The molecule has 0 saturated carbocycles. The molecule has 7 nitrogen and oxygen atoms in total. The number of rotatable bonds is 6. The van der Waals surface area contributed by atoms with Gasteiger partial charge in [0, 0.05) is 43.7 Å². The van der Waals surface area contributed by atoms with Crippen molar-refractivity contribution in [2.45, 2.75) is 17.5 Å². The molecule has 1 aromatic heterocycles. The van der Waals surface area contributed by atoms with Gasteiger partial charge in [-0.1, -0.05) is 42.5 Å². The lowest BCUT2D eigenvalue weighted by atomic mass is 10.2. The van der Waals surface area contributed by atoms with E-state index in [1.165, 1.54) is 9.87 Å². The molecule has 1 unspecified atom stereocenters. The highest BCUT2D eigenvalue weighted by Gasteiger charge is 2.27. The van der Waals surface area contributed by atoms with Gasteiger partial charge < -0.3 is 9.47 Å². The van der Waals surface area contributed by atoms with Gasteiger partial charge in [0.15, 0.2) is 0 Å². The molecule has 0 bridgehead atoms. The number of benzene rings is 2. The van der Waals surface area contributed by atoms with Crippen LogP contribution < -0.4 is 0 Å². The summed E-state index contributed by atoms with van der Waals surface area (Å²) >= 11 is 1.59. The number of nitrogens with zero attached hydrogens (tertiary/aromatic N) is 3. The summed E-state index contributed by atoms with van der Waals surface area (Å²) in [4.78, 5) is 7.52. The summed E-state index contributed by atoms with van der Waals surface area (Å²) in [6.07, 6.45) is -0.0535. The van der Waals surface area contributed by atoms with Crippen molar-refractivity contribution in [3.63, 3.8) is 0 Å². The maximum atomic E-state index is 12.8. The highest BCUT2D eigenvalue weighted by atomic mass is 32.2. The van der Waals surface area contributed by atoms with Crippen molar-refractivity contribution >= 4 is 21.4 Å². The zero-order valence-electron chi connectivity index (χ0n) is 18.3. The van der Waals surface area contributed by atoms with Crippen LogP contribution in [-0.4, -0.2) is 68.6 Å². The largest absolute Gasteiger partial charge is 0.379 e. The molecular formula is C24H27N3O4S2. The second kappa shape index (κ2) is 10.0.